The molecule has 0 radical (unpaired) electrons. The summed E-state index contributed by atoms with van der Waals surface area (Å²) in [5, 5.41) is 13.8. The van der Waals surface area contributed by atoms with Crippen LogP contribution >= 0.6 is 12.4 Å². The van der Waals surface area contributed by atoms with Crippen LogP contribution in [0.1, 0.15) is 0 Å². The normalized spacial score (nSPS) is 10.1. The van der Waals surface area contributed by atoms with E-state index in [1.165, 1.54) is 6.33 Å². The standard InChI is InChI=1S/C12H9N3O.ClH/c16-11-4-2-1-3-10(11)9-5-6-15-12(7-9)13-8-14-15;/h1-8,16H;1H. The Morgan fingerprint density at radius 1 is 1.12 bits per heavy atom. The number of hydrogen-bond donors (Lipinski definition) is 1. The molecular formula is C12H10ClN3O. The minimum absolute atomic E-state index is 0. The largest absolute Gasteiger partial charge is 0.507 e. The molecule has 5 heteroatoms. The third-order valence-electron chi connectivity index (χ3n) is 2.50. The number of hydrogen-bond acceptors (Lipinski definition) is 3. The summed E-state index contributed by atoms with van der Waals surface area (Å²) in [5.41, 5.74) is 2.49. The van der Waals surface area contributed by atoms with E-state index in [4.69, 9.17) is 0 Å². The van der Waals surface area contributed by atoms with Gasteiger partial charge in [-0.2, -0.15) is 5.10 Å². The second-order valence-electron chi connectivity index (χ2n) is 3.50. The van der Waals surface area contributed by atoms with Crippen LogP contribution in [0.5, 0.6) is 5.75 Å². The molecule has 4 nitrogen and oxygen atoms in total. The van der Waals surface area contributed by atoms with Gasteiger partial charge in [-0.05, 0) is 23.8 Å². The Morgan fingerprint density at radius 3 is 2.76 bits per heavy atom. The summed E-state index contributed by atoms with van der Waals surface area (Å²) in [6.07, 6.45) is 3.33. The van der Waals surface area contributed by atoms with Gasteiger partial charge in [-0.15, -0.1) is 12.4 Å². The first-order chi connectivity index (χ1) is 7.84. The van der Waals surface area contributed by atoms with Crippen LogP contribution < -0.4 is 0 Å². The van der Waals surface area contributed by atoms with Gasteiger partial charge in [-0.1, -0.05) is 18.2 Å². The van der Waals surface area contributed by atoms with Crippen LogP contribution in [0.2, 0.25) is 0 Å². The Labute approximate surface area is 104 Å². The zero-order valence-electron chi connectivity index (χ0n) is 8.82. The summed E-state index contributed by atoms with van der Waals surface area (Å²) >= 11 is 0. The van der Waals surface area contributed by atoms with Crippen molar-refractivity contribution < 1.29 is 5.11 Å². The molecule has 0 spiro atoms. The molecule has 0 aliphatic heterocycles. The van der Waals surface area contributed by atoms with Crippen LogP contribution in [0, 0.1) is 0 Å². The SMILES string of the molecule is Cl.Oc1ccccc1-c1ccn2ncnc2c1. The molecule has 3 aromatic rings. The Kier molecular flexibility index (Phi) is 2.97. The molecule has 0 aliphatic carbocycles. The molecule has 0 atom stereocenters. The molecule has 0 saturated carbocycles. The molecule has 17 heavy (non-hydrogen) atoms. The van der Waals surface area contributed by atoms with Crippen LogP contribution in [-0.2, 0) is 0 Å². The predicted octanol–water partition coefficient (Wildman–Crippen LogP) is 2.52. The number of nitrogens with zero attached hydrogens (tertiary/aromatic N) is 3. The fourth-order valence-corrected chi connectivity index (χ4v) is 1.70. The summed E-state index contributed by atoms with van der Waals surface area (Å²) in [6.45, 7) is 0. The van der Waals surface area contributed by atoms with E-state index in [1.54, 1.807) is 16.6 Å². The van der Waals surface area contributed by atoms with Gasteiger partial charge < -0.3 is 5.11 Å². The molecule has 1 aromatic carbocycles. The molecule has 0 aliphatic rings. The zero-order valence-corrected chi connectivity index (χ0v) is 9.63. The molecule has 2 aromatic heterocycles. The number of pyridine rings is 1. The van der Waals surface area contributed by atoms with Gasteiger partial charge >= 0.3 is 0 Å². The van der Waals surface area contributed by atoms with Crippen molar-refractivity contribution in [2.24, 2.45) is 0 Å². The van der Waals surface area contributed by atoms with E-state index in [0.717, 1.165) is 16.8 Å². The van der Waals surface area contributed by atoms with Crippen LogP contribution in [0.15, 0.2) is 48.9 Å². The van der Waals surface area contributed by atoms with Gasteiger partial charge in [-0.25, -0.2) is 9.50 Å². The number of halogens is 1. The first kappa shape index (κ1) is 11.4. The van der Waals surface area contributed by atoms with E-state index in [9.17, 15) is 5.11 Å². The van der Waals surface area contributed by atoms with Gasteiger partial charge in [0.05, 0.1) is 0 Å². The van der Waals surface area contributed by atoms with Crippen molar-refractivity contribution in [3.63, 3.8) is 0 Å². The van der Waals surface area contributed by atoms with Crippen molar-refractivity contribution >= 4 is 18.1 Å². The highest BCUT2D eigenvalue weighted by molar-refractivity contribution is 5.85. The van der Waals surface area contributed by atoms with Gasteiger partial charge in [0.1, 0.15) is 12.1 Å². The summed E-state index contributed by atoms with van der Waals surface area (Å²) in [7, 11) is 0. The Morgan fingerprint density at radius 2 is 1.94 bits per heavy atom. The highest BCUT2D eigenvalue weighted by Gasteiger charge is 2.04. The summed E-state index contributed by atoms with van der Waals surface area (Å²) in [5.74, 6) is 0.270. The second kappa shape index (κ2) is 4.43. The summed E-state index contributed by atoms with van der Waals surface area (Å²) in [6, 6.07) is 11.0. The molecule has 86 valence electrons. The lowest BCUT2D eigenvalue weighted by Gasteiger charge is -2.04. The third kappa shape index (κ3) is 1.94. The smallest absolute Gasteiger partial charge is 0.155 e. The van der Waals surface area contributed by atoms with Crippen molar-refractivity contribution in [2.45, 2.75) is 0 Å². The van der Waals surface area contributed by atoms with Crippen molar-refractivity contribution in [1.29, 1.82) is 0 Å². The van der Waals surface area contributed by atoms with Crippen molar-refractivity contribution in [1.82, 2.24) is 14.6 Å². The average molecular weight is 248 g/mol. The van der Waals surface area contributed by atoms with Crippen LogP contribution in [0.25, 0.3) is 16.8 Å². The molecule has 3 rings (SSSR count). The Balaban J connectivity index is 0.00000108. The van der Waals surface area contributed by atoms with E-state index in [2.05, 4.69) is 10.1 Å². The Hall–Kier alpha value is -2.07. The van der Waals surface area contributed by atoms with Gasteiger partial charge in [0.15, 0.2) is 5.65 Å². The van der Waals surface area contributed by atoms with Gasteiger partial charge in [-0.3, -0.25) is 0 Å². The molecule has 2 heterocycles. The van der Waals surface area contributed by atoms with E-state index in [0.29, 0.717) is 0 Å². The number of rotatable bonds is 1. The van der Waals surface area contributed by atoms with E-state index in [-0.39, 0.29) is 18.2 Å². The predicted molar refractivity (Wildman–Crippen MR) is 67.3 cm³/mol. The first-order valence-corrected chi connectivity index (χ1v) is 4.92. The number of para-hydroxylation sites is 1. The summed E-state index contributed by atoms with van der Waals surface area (Å²) in [4.78, 5) is 4.10. The quantitative estimate of drug-likeness (QED) is 0.719. The summed E-state index contributed by atoms with van der Waals surface area (Å²) < 4.78 is 1.68. The number of benzene rings is 1. The highest BCUT2D eigenvalue weighted by atomic mass is 35.5. The van der Waals surface area contributed by atoms with Gasteiger partial charge in [0, 0.05) is 11.8 Å². The third-order valence-corrected chi connectivity index (χ3v) is 2.50. The average Bonchev–Trinajstić information content (AvgIpc) is 2.76. The number of phenolic OH excluding ortho intramolecular Hbond substituents is 1. The first-order valence-electron chi connectivity index (χ1n) is 4.92. The molecule has 0 amide bonds. The van der Waals surface area contributed by atoms with Crippen molar-refractivity contribution in [3.05, 3.63) is 48.9 Å². The number of aromatic nitrogens is 3. The topological polar surface area (TPSA) is 50.4 Å². The minimum atomic E-state index is 0. The lowest BCUT2D eigenvalue weighted by Crippen LogP contribution is -1.87. The van der Waals surface area contributed by atoms with Crippen LogP contribution in [-0.4, -0.2) is 19.7 Å². The van der Waals surface area contributed by atoms with E-state index < -0.39 is 0 Å². The maximum atomic E-state index is 9.74. The second-order valence-corrected chi connectivity index (χ2v) is 3.50. The Bertz CT molecular complexity index is 651. The van der Waals surface area contributed by atoms with E-state index >= 15 is 0 Å². The molecular weight excluding hydrogens is 238 g/mol. The lowest BCUT2D eigenvalue weighted by atomic mass is 10.1. The monoisotopic (exact) mass is 247 g/mol. The van der Waals surface area contributed by atoms with Crippen molar-refractivity contribution in [2.75, 3.05) is 0 Å². The number of fused-ring (bicyclic) bond motifs is 1. The van der Waals surface area contributed by atoms with E-state index in [1.807, 2.05) is 30.5 Å². The molecule has 1 N–H and O–H groups in total. The highest BCUT2D eigenvalue weighted by Crippen LogP contribution is 2.28. The van der Waals surface area contributed by atoms with Gasteiger partial charge in [0.2, 0.25) is 0 Å². The van der Waals surface area contributed by atoms with Crippen LogP contribution in [0.4, 0.5) is 0 Å². The fraction of sp³-hybridized carbons (Fsp3) is 0. The number of aromatic hydroxyl groups is 1. The number of phenols is 1. The zero-order chi connectivity index (χ0) is 11.0. The van der Waals surface area contributed by atoms with Gasteiger partial charge in [0.25, 0.3) is 0 Å². The van der Waals surface area contributed by atoms with Crippen LogP contribution in [0.3, 0.4) is 0 Å². The molecule has 0 saturated heterocycles. The molecule has 0 fully saturated rings. The maximum absolute atomic E-state index is 9.74. The maximum Gasteiger partial charge on any atom is 0.155 e. The van der Waals surface area contributed by atoms with Crippen molar-refractivity contribution in [3.8, 4) is 16.9 Å². The lowest BCUT2D eigenvalue weighted by molar-refractivity contribution is 0.477. The molecule has 0 bridgehead atoms. The molecule has 0 unspecified atom stereocenters. The minimum Gasteiger partial charge on any atom is -0.507 e. The fourth-order valence-electron chi connectivity index (χ4n) is 1.70.